The molecule has 1 aromatic carbocycles. The molecule has 0 saturated heterocycles. The van der Waals surface area contributed by atoms with Gasteiger partial charge in [0, 0.05) is 13.5 Å². The standard InChI is InChI=1S/C25H28N8O3/c1-16-22(36-19-10-6-9-18(14-19)25(34)35)12-11-20(26-16)24-21(32(2)30-28-24)15-33-29-23(27-31-33)13-17-7-4-3-5-8-17/h3-5,7-8,11-12,18-19H,6,9-10,13-15H2,1-2H3,(H,34,35)/t18-,19-/m0/s1. The Morgan fingerprint density at radius 3 is 2.72 bits per heavy atom. The molecule has 3 aromatic heterocycles. The number of tetrazole rings is 1. The molecular weight excluding hydrogens is 460 g/mol. The summed E-state index contributed by atoms with van der Waals surface area (Å²) in [7, 11) is 1.82. The maximum Gasteiger partial charge on any atom is 0.306 e. The number of rotatable bonds is 8. The van der Waals surface area contributed by atoms with Gasteiger partial charge in [-0.3, -0.25) is 4.79 Å². The third-order valence-electron chi connectivity index (χ3n) is 6.48. The van der Waals surface area contributed by atoms with Crippen LogP contribution < -0.4 is 4.74 Å². The number of pyridine rings is 1. The van der Waals surface area contributed by atoms with Crippen LogP contribution in [0.4, 0.5) is 0 Å². The van der Waals surface area contributed by atoms with Crippen LogP contribution >= 0.6 is 0 Å². The number of carbonyl (C=O) groups is 1. The first-order valence-electron chi connectivity index (χ1n) is 12.0. The Bertz CT molecular complexity index is 1350. The second kappa shape index (κ2) is 10.2. The van der Waals surface area contributed by atoms with Crippen molar-refractivity contribution in [3.63, 3.8) is 0 Å². The van der Waals surface area contributed by atoms with Crippen LogP contribution in [-0.4, -0.2) is 57.4 Å². The second-order valence-corrected chi connectivity index (χ2v) is 9.13. The van der Waals surface area contributed by atoms with Gasteiger partial charge < -0.3 is 9.84 Å². The number of hydrogen-bond donors (Lipinski definition) is 1. The topological polar surface area (TPSA) is 134 Å². The van der Waals surface area contributed by atoms with Gasteiger partial charge in [0.2, 0.25) is 0 Å². The van der Waals surface area contributed by atoms with Gasteiger partial charge in [-0.15, -0.1) is 15.3 Å². The van der Waals surface area contributed by atoms with E-state index in [0.29, 0.717) is 54.5 Å². The molecule has 0 spiro atoms. The highest BCUT2D eigenvalue weighted by molar-refractivity contribution is 5.70. The van der Waals surface area contributed by atoms with Crippen LogP contribution in [0.1, 0.15) is 48.5 Å². The normalized spacial score (nSPS) is 17.7. The molecule has 0 aliphatic heterocycles. The number of ether oxygens (including phenoxy) is 1. The summed E-state index contributed by atoms with van der Waals surface area (Å²) < 4.78 is 7.83. The minimum Gasteiger partial charge on any atom is -0.489 e. The monoisotopic (exact) mass is 488 g/mol. The maximum absolute atomic E-state index is 11.4. The van der Waals surface area contributed by atoms with Gasteiger partial charge in [-0.25, -0.2) is 9.67 Å². The minimum absolute atomic E-state index is 0.123. The van der Waals surface area contributed by atoms with Crippen LogP contribution in [0.15, 0.2) is 42.5 Å². The molecule has 2 atom stereocenters. The zero-order chi connectivity index (χ0) is 25.1. The number of nitrogens with zero attached hydrogens (tertiary/aromatic N) is 8. The first-order chi connectivity index (χ1) is 17.5. The molecule has 1 aliphatic carbocycles. The number of carboxylic acid groups (broad SMARTS) is 1. The number of carboxylic acids is 1. The fraction of sp³-hybridized carbons (Fsp3) is 0.400. The van der Waals surface area contributed by atoms with E-state index in [1.807, 2.05) is 56.4 Å². The minimum atomic E-state index is -0.752. The molecule has 1 aliphatic rings. The van der Waals surface area contributed by atoms with Crippen LogP contribution in [0.5, 0.6) is 5.75 Å². The van der Waals surface area contributed by atoms with Gasteiger partial charge in [-0.2, -0.15) is 4.80 Å². The molecule has 1 fully saturated rings. The average Bonchev–Trinajstić information content (AvgIpc) is 3.47. The Morgan fingerprint density at radius 2 is 1.94 bits per heavy atom. The van der Waals surface area contributed by atoms with Crippen molar-refractivity contribution in [2.24, 2.45) is 13.0 Å². The Morgan fingerprint density at radius 1 is 1.11 bits per heavy atom. The molecule has 5 rings (SSSR count). The largest absolute Gasteiger partial charge is 0.489 e. The fourth-order valence-corrected chi connectivity index (χ4v) is 4.54. The summed E-state index contributed by atoms with van der Waals surface area (Å²) in [6, 6.07) is 13.7. The predicted molar refractivity (Wildman–Crippen MR) is 129 cm³/mol. The molecule has 0 bridgehead atoms. The molecule has 0 radical (unpaired) electrons. The number of hydrogen-bond acceptors (Lipinski definition) is 8. The first kappa shape index (κ1) is 23.6. The number of aryl methyl sites for hydroxylation is 2. The zero-order valence-corrected chi connectivity index (χ0v) is 20.3. The van der Waals surface area contributed by atoms with E-state index in [1.54, 1.807) is 4.68 Å². The van der Waals surface area contributed by atoms with Gasteiger partial charge in [0.25, 0.3) is 0 Å². The van der Waals surface area contributed by atoms with Crippen molar-refractivity contribution in [3.05, 3.63) is 65.2 Å². The van der Waals surface area contributed by atoms with E-state index in [0.717, 1.165) is 24.1 Å². The Hall–Kier alpha value is -4.15. The van der Waals surface area contributed by atoms with E-state index >= 15 is 0 Å². The van der Waals surface area contributed by atoms with Gasteiger partial charge in [0.05, 0.1) is 29.1 Å². The predicted octanol–water partition coefficient (Wildman–Crippen LogP) is 2.83. The molecule has 3 heterocycles. The van der Waals surface area contributed by atoms with E-state index in [9.17, 15) is 9.90 Å². The van der Waals surface area contributed by atoms with Crippen molar-refractivity contribution in [3.8, 4) is 17.1 Å². The molecular formula is C25H28N8O3. The molecule has 1 saturated carbocycles. The lowest BCUT2D eigenvalue weighted by atomic mass is 9.87. The van der Waals surface area contributed by atoms with Gasteiger partial charge in [0.1, 0.15) is 18.0 Å². The molecule has 0 unspecified atom stereocenters. The van der Waals surface area contributed by atoms with E-state index < -0.39 is 5.97 Å². The lowest BCUT2D eigenvalue weighted by molar-refractivity contribution is -0.143. The van der Waals surface area contributed by atoms with E-state index in [4.69, 9.17) is 9.72 Å². The smallest absolute Gasteiger partial charge is 0.306 e. The van der Waals surface area contributed by atoms with Gasteiger partial charge >= 0.3 is 5.97 Å². The quantitative estimate of drug-likeness (QED) is 0.397. The van der Waals surface area contributed by atoms with Crippen LogP contribution in [0.25, 0.3) is 11.4 Å². The molecule has 186 valence electrons. The highest BCUT2D eigenvalue weighted by Gasteiger charge is 2.28. The number of benzene rings is 1. The number of aliphatic carboxylic acids is 1. The molecule has 0 amide bonds. The maximum atomic E-state index is 11.4. The van der Waals surface area contributed by atoms with Crippen LogP contribution in [0.2, 0.25) is 0 Å². The van der Waals surface area contributed by atoms with Gasteiger partial charge in [-0.1, -0.05) is 35.5 Å². The van der Waals surface area contributed by atoms with Crippen molar-refractivity contribution in [1.29, 1.82) is 0 Å². The van der Waals surface area contributed by atoms with E-state index in [1.165, 1.54) is 4.80 Å². The molecule has 11 heteroatoms. The summed E-state index contributed by atoms with van der Waals surface area (Å²) >= 11 is 0. The van der Waals surface area contributed by atoms with Crippen LogP contribution in [0.3, 0.4) is 0 Å². The van der Waals surface area contributed by atoms with E-state index in [2.05, 4.69) is 25.7 Å². The summed E-state index contributed by atoms with van der Waals surface area (Å²) in [6.45, 7) is 2.22. The van der Waals surface area contributed by atoms with Crippen molar-refractivity contribution >= 4 is 5.97 Å². The van der Waals surface area contributed by atoms with Crippen LogP contribution in [-0.2, 0) is 24.8 Å². The summed E-state index contributed by atoms with van der Waals surface area (Å²) in [5.41, 5.74) is 3.94. The highest BCUT2D eigenvalue weighted by Crippen LogP contribution is 2.30. The third-order valence-corrected chi connectivity index (χ3v) is 6.48. The number of aromatic nitrogens is 8. The zero-order valence-electron chi connectivity index (χ0n) is 20.3. The summed E-state index contributed by atoms with van der Waals surface area (Å²) in [6.07, 6.45) is 3.39. The van der Waals surface area contributed by atoms with Gasteiger partial charge in [-0.05, 0) is 55.5 Å². The van der Waals surface area contributed by atoms with Crippen molar-refractivity contribution in [1.82, 2.24) is 40.2 Å². The molecule has 36 heavy (non-hydrogen) atoms. The lowest BCUT2D eigenvalue weighted by Gasteiger charge is -2.27. The van der Waals surface area contributed by atoms with Crippen molar-refractivity contribution in [2.45, 2.75) is 51.7 Å². The van der Waals surface area contributed by atoms with Gasteiger partial charge in [0.15, 0.2) is 5.82 Å². The Balaban J connectivity index is 1.30. The third kappa shape index (κ3) is 5.24. The fourth-order valence-electron chi connectivity index (χ4n) is 4.54. The highest BCUT2D eigenvalue weighted by atomic mass is 16.5. The second-order valence-electron chi connectivity index (χ2n) is 9.13. The molecule has 4 aromatic rings. The average molecular weight is 489 g/mol. The van der Waals surface area contributed by atoms with E-state index in [-0.39, 0.29) is 12.0 Å². The molecule has 11 nitrogen and oxygen atoms in total. The van der Waals surface area contributed by atoms with Crippen LogP contribution in [0, 0.1) is 12.8 Å². The first-order valence-corrected chi connectivity index (χ1v) is 12.0. The lowest BCUT2D eigenvalue weighted by Crippen LogP contribution is -2.29. The summed E-state index contributed by atoms with van der Waals surface area (Å²) in [5.74, 6) is 0.194. The van der Waals surface area contributed by atoms with Crippen molar-refractivity contribution < 1.29 is 14.6 Å². The van der Waals surface area contributed by atoms with Crippen molar-refractivity contribution in [2.75, 3.05) is 0 Å². The summed E-state index contributed by atoms with van der Waals surface area (Å²) in [4.78, 5) is 17.6. The Kier molecular flexibility index (Phi) is 6.70. The Labute approximate surface area is 208 Å². The molecule has 1 N–H and O–H groups in total. The summed E-state index contributed by atoms with van der Waals surface area (Å²) in [5, 5.41) is 30.8. The SMILES string of the molecule is Cc1nc(-c2nnn(C)c2Cn2nnc(Cc3ccccc3)n2)ccc1O[C@H]1CCC[C@H](C(=O)O)C1.